The molecule has 0 aromatic heterocycles. The first-order valence-corrected chi connectivity index (χ1v) is 5.27. The van der Waals surface area contributed by atoms with E-state index in [0.717, 1.165) is 18.8 Å². The summed E-state index contributed by atoms with van der Waals surface area (Å²) in [5, 5.41) is 3.12. The van der Waals surface area contributed by atoms with Crippen LogP contribution in [0.1, 0.15) is 32.6 Å². The molecule has 2 rings (SSSR count). The van der Waals surface area contributed by atoms with E-state index in [1.807, 2.05) is 6.92 Å². The minimum Gasteiger partial charge on any atom is -0.353 e. The van der Waals surface area contributed by atoms with Gasteiger partial charge in [-0.3, -0.25) is 4.79 Å². The van der Waals surface area contributed by atoms with Crippen molar-refractivity contribution in [3.05, 3.63) is 12.2 Å². The van der Waals surface area contributed by atoms with Gasteiger partial charge in [0.2, 0.25) is 5.91 Å². The maximum Gasteiger partial charge on any atom is 0.220 e. The number of carbonyl (C=O) groups excluding carboxylic acids is 1. The third-order valence-electron chi connectivity index (χ3n) is 3.10. The number of allylic oxidation sites excluding steroid dienone is 1. The van der Waals surface area contributed by atoms with E-state index in [1.54, 1.807) is 0 Å². The molecular formula is C11H17NO. The van der Waals surface area contributed by atoms with E-state index in [1.165, 1.54) is 6.42 Å². The van der Waals surface area contributed by atoms with Crippen molar-refractivity contribution in [1.82, 2.24) is 5.32 Å². The molecule has 2 aliphatic carbocycles. The van der Waals surface area contributed by atoms with Crippen LogP contribution in [0.4, 0.5) is 0 Å². The maximum absolute atomic E-state index is 11.3. The molecule has 0 saturated heterocycles. The largest absolute Gasteiger partial charge is 0.353 e. The summed E-state index contributed by atoms with van der Waals surface area (Å²) < 4.78 is 0. The minimum atomic E-state index is 0.230. The molecule has 1 saturated carbocycles. The predicted octanol–water partition coefficient (Wildman–Crippen LogP) is 1.87. The molecule has 2 aliphatic rings. The van der Waals surface area contributed by atoms with Crippen LogP contribution in [-0.2, 0) is 4.79 Å². The molecule has 2 heteroatoms. The highest BCUT2D eigenvalue weighted by molar-refractivity contribution is 5.76. The van der Waals surface area contributed by atoms with E-state index in [-0.39, 0.29) is 5.91 Å². The maximum atomic E-state index is 11.3. The fraction of sp³-hybridized carbons (Fsp3) is 0.727. The highest BCUT2D eigenvalue weighted by Gasteiger charge is 2.35. The third-order valence-corrected chi connectivity index (χ3v) is 3.10. The van der Waals surface area contributed by atoms with Gasteiger partial charge in [0.05, 0.1) is 0 Å². The van der Waals surface area contributed by atoms with Gasteiger partial charge in [0, 0.05) is 12.5 Å². The second kappa shape index (κ2) is 3.52. The lowest BCUT2D eigenvalue weighted by atomic mass is 10.0. The molecule has 1 fully saturated rings. The predicted molar refractivity (Wildman–Crippen MR) is 52.2 cm³/mol. The summed E-state index contributed by atoms with van der Waals surface area (Å²) in [4.78, 5) is 11.3. The summed E-state index contributed by atoms with van der Waals surface area (Å²) in [6.07, 6.45) is 8.62. The Morgan fingerprint density at radius 3 is 2.85 bits per heavy atom. The van der Waals surface area contributed by atoms with Crippen LogP contribution in [0, 0.1) is 11.8 Å². The Labute approximate surface area is 79.4 Å². The summed E-state index contributed by atoms with van der Waals surface area (Å²) in [7, 11) is 0. The molecule has 0 spiro atoms. The van der Waals surface area contributed by atoms with Gasteiger partial charge >= 0.3 is 0 Å². The van der Waals surface area contributed by atoms with Crippen LogP contribution in [0.25, 0.3) is 0 Å². The van der Waals surface area contributed by atoms with Crippen molar-refractivity contribution < 1.29 is 4.79 Å². The molecule has 0 aliphatic heterocycles. The SMILES string of the molecule is CCCC(=O)NC1CC2C=CC1C2. The normalized spacial score (nSPS) is 35.3. The van der Waals surface area contributed by atoms with Gasteiger partial charge in [0.15, 0.2) is 0 Å². The van der Waals surface area contributed by atoms with Crippen molar-refractivity contribution in [3.8, 4) is 0 Å². The topological polar surface area (TPSA) is 29.1 Å². The molecule has 0 aromatic carbocycles. The van der Waals surface area contributed by atoms with Gasteiger partial charge < -0.3 is 5.32 Å². The molecule has 3 unspecified atom stereocenters. The lowest BCUT2D eigenvalue weighted by molar-refractivity contribution is -0.122. The molecule has 0 radical (unpaired) electrons. The average Bonchev–Trinajstić information content (AvgIpc) is 2.65. The van der Waals surface area contributed by atoms with Crippen LogP contribution in [0.5, 0.6) is 0 Å². The lowest BCUT2D eigenvalue weighted by Gasteiger charge is -2.19. The Hall–Kier alpha value is -0.790. The molecule has 0 aromatic rings. The van der Waals surface area contributed by atoms with Crippen LogP contribution >= 0.6 is 0 Å². The van der Waals surface area contributed by atoms with Crippen molar-refractivity contribution in [1.29, 1.82) is 0 Å². The molecule has 3 atom stereocenters. The molecule has 1 amide bonds. The molecule has 1 N–H and O–H groups in total. The number of carbonyl (C=O) groups is 1. The summed E-state index contributed by atoms with van der Waals surface area (Å²) in [5.74, 6) is 1.61. The summed E-state index contributed by atoms with van der Waals surface area (Å²) in [5.41, 5.74) is 0. The van der Waals surface area contributed by atoms with Crippen molar-refractivity contribution in [3.63, 3.8) is 0 Å². The molecule has 2 nitrogen and oxygen atoms in total. The molecule has 2 bridgehead atoms. The Bertz CT molecular complexity index is 234. The van der Waals surface area contributed by atoms with E-state index in [2.05, 4.69) is 17.5 Å². The van der Waals surface area contributed by atoms with Crippen LogP contribution in [0.3, 0.4) is 0 Å². The van der Waals surface area contributed by atoms with E-state index < -0.39 is 0 Å². The van der Waals surface area contributed by atoms with E-state index in [9.17, 15) is 4.79 Å². The number of rotatable bonds is 3. The number of hydrogen-bond donors (Lipinski definition) is 1. The first kappa shape index (κ1) is 8.79. The Morgan fingerprint density at radius 2 is 2.31 bits per heavy atom. The number of nitrogens with one attached hydrogen (secondary N) is 1. The number of hydrogen-bond acceptors (Lipinski definition) is 1. The quantitative estimate of drug-likeness (QED) is 0.658. The van der Waals surface area contributed by atoms with Gasteiger partial charge in [0.1, 0.15) is 0 Å². The summed E-state index contributed by atoms with van der Waals surface area (Å²) >= 11 is 0. The summed E-state index contributed by atoms with van der Waals surface area (Å²) in [6, 6.07) is 0.439. The lowest BCUT2D eigenvalue weighted by Crippen LogP contribution is -2.37. The van der Waals surface area contributed by atoms with E-state index >= 15 is 0 Å². The highest BCUT2D eigenvalue weighted by Crippen LogP contribution is 2.38. The van der Waals surface area contributed by atoms with Crippen LogP contribution in [0.2, 0.25) is 0 Å². The van der Waals surface area contributed by atoms with Crippen LogP contribution in [-0.4, -0.2) is 11.9 Å². The third kappa shape index (κ3) is 1.77. The van der Waals surface area contributed by atoms with E-state index in [4.69, 9.17) is 0 Å². The second-order valence-corrected chi connectivity index (χ2v) is 4.20. The zero-order valence-electron chi connectivity index (χ0n) is 8.12. The van der Waals surface area contributed by atoms with Gasteiger partial charge in [-0.25, -0.2) is 0 Å². The molecule has 13 heavy (non-hydrogen) atoms. The highest BCUT2D eigenvalue weighted by atomic mass is 16.1. The fourth-order valence-corrected chi connectivity index (χ4v) is 2.45. The average molecular weight is 179 g/mol. The first-order chi connectivity index (χ1) is 6.29. The van der Waals surface area contributed by atoms with Crippen LogP contribution in [0.15, 0.2) is 12.2 Å². The standard InChI is InChI=1S/C11H17NO/c1-2-3-11(13)12-10-7-8-4-5-9(10)6-8/h4-5,8-10H,2-3,6-7H2,1H3,(H,12,13). The zero-order chi connectivity index (χ0) is 9.26. The van der Waals surface area contributed by atoms with Gasteiger partial charge in [-0.1, -0.05) is 19.1 Å². The minimum absolute atomic E-state index is 0.230. The van der Waals surface area contributed by atoms with Gasteiger partial charge in [0.25, 0.3) is 0 Å². The number of amides is 1. The van der Waals surface area contributed by atoms with Gasteiger partial charge in [-0.05, 0) is 31.1 Å². The monoisotopic (exact) mass is 179 g/mol. The Balaban J connectivity index is 1.83. The van der Waals surface area contributed by atoms with Crippen molar-refractivity contribution in [2.75, 3.05) is 0 Å². The fourth-order valence-electron chi connectivity index (χ4n) is 2.45. The second-order valence-electron chi connectivity index (χ2n) is 4.20. The van der Waals surface area contributed by atoms with Crippen molar-refractivity contribution in [2.45, 2.75) is 38.6 Å². The van der Waals surface area contributed by atoms with Crippen molar-refractivity contribution in [2.24, 2.45) is 11.8 Å². The van der Waals surface area contributed by atoms with Gasteiger partial charge in [-0.2, -0.15) is 0 Å². The van der Waals surface area contributed by atoms with Gasteiger partial charge in [-0.15, -0.1) is 0 Å². The first-order valence-electron chi connectivity index (χ1n) is 5.27. The Morgan fingerprint density at radius 1 is 1.46 bits per heavy atom. The zero-order valence-corrected chi connectivity index (χ0v) is 8.12. The molecular weight excluding hydrogens is 162 g/mol. The van der Waals surface area contributed by atoms with Crippen LogP contribution < -0.4 is 5.32 Å². The number of fused-ring (bicyclic) bond motifs is 2. The van der Waals surface area contributed by atoms with Crippen molar-refractivity contribution >= 4 is 5.91 Å². The molecule has 0 heterocycles. The smallest absolute Gasteiger partial charge is 0.220 e. The summed E-state index contributed by atoms with van der Waals surface area (Å²) in [6.45, 7) is 2.04. The molecule has 72 valence electrons. The Kier molecular flexibility index (Phi) is 2.38. The van der Waals surface area contributed by atoms with E-state index in [0.29, 0.717) is 18.4 Å².